The molecule has 0 atom stereocenters. The van der Waals surface area contributed by atoms with Crippen LogP contribution in [0.1, 0.15) is 18.1 Å². The van der Waals surface area contributed by atoms with E-state index in [9.17, 15) is 13.2 Å². The van der Waals surface area contributed by atoms with Gasteiger partial charge >= 0.3 is 6.18 Å². The lowest BCUT2D eigenvalue weighted by molar-refractivity contribution is -0.137. The first kappa shape index (κ1) is 18.1. The summed E-state index contributed by atoms with van der Waals surface area (Å²) in [4.78, 5) is 4.12. The van der Waals surface area contributed by atoms with E-state index in [-0.39, 0.29) is 18.2 Å². The Morgan fingerprint density at radius 1 is 1.21 bits per heavy atom. The third kappa shape index (κ3) is 5.45. The average molecular weight is 358 g/mol. The van der Waals surface area contributed by atoms with Gasteiger partial charge < -0.3 is 9.47 Å². The second-order valence-corrected chi connectivity index (χ2v) is 5.65. The van der Waals surface area contributed by atoms with Gasteiger partial charge in [-0.25, -0.2) is 0 Å². The number of aryl methyl sites for hydroxylation is 1. The van der Waals surface area contributed by atoms with Crippen molar-refractivity contribution in [3.63, 3.8) is 0 Å². The lowest BCUT2D eigenvalue weighted by Crippen LogP contribution is -2.04. The van der Waals surface area contributed by atoms with E-state index in [0.717, 1.165) is 17.7 Å². The van der Waals surface area contributed by atoms with Crippen LogP contribution < -0.4 is 9.47 Å². The summed E-state index contributed by atoms with van der Waals surface area (Å²) in [6, 6.07) is 7.90. The molecule has 2 aromatic rings. The molecule has 0 aliphatic carbocycles. The topological polar surface area (TPSA) is 31.4 Å². The minimum atomic E-state index is -4.43. The van der Waals surface area contributed by atoms with Crippen LogP contribution in [0.25, 0.3) is 0 Å². The van der Waals surface area contributed by atoms with Gasteiger partial charge in [0, 0.05) is 17.2 Å². The molecule has 2 rings (SSSR count). The zero-order chi connectivity index (χ0) is 17.7. The van der Waals surface area contributed by atoms with Crippen LogP contribution in [-0.4, -0.2) is 11.6 Å². The Kier molecular flexibility index (Phi) is 5.72. The van der Waals surface area contributed by atoms with E-state index in [4.69, 9.17) is 21.1 Å². The number of allylic oxidation sites excluding steroid dienone is 1. The predicted octanol–water partition coefficient (Wildman–Crippen LogP) is 5.72. The third-order valence-electron chi connectivity index (χ3n) is 2.90. The molecular formula is C17H15ClF3NO2. The van der Waals surface area contributed by atoms with Crippen LogP contribution in [0.2, 0.25) is 0 Å². The van der Waals surface area contributed by atoms with Crippen LogP contribution in [0, 0.1) is 6.92 Å². The first-order chi connectivity index (χ1) is 11.2. The molecule has 7 heteroatoms. The van der Waals surface area contributed by atoms with Crippen molar-refractivity contribution < 1.29 is 22.6 Å². The van der Waals surface area contributed by atoms with Crippen LogP contribution in [0.4, 0.5) is 13.2 Å². The molecule has 0 N–H and O–H groups in total. The van der Waals surface area contributed by atoms with Crippen molar-refractivity contribution in [3.8, 4) is 17.5 Å². The Labute approximate surface area is 142 Å². The maximum atomic E-state index is 12.7. The number of halogens is 4. The quantitative estimate of drug-likeness (QED) is 0.685. The smallest absolute Gasteiger partial charge is 0.416 e. The minimum Gasteiger partial charge on any atom is -0.473 e. The number of hydrogen-bond acceptors (Lipinski definition) is 3. The SMILES string of the molecule is C/C(Cl)=C/COc1cc(C)cc(Oc2cccc(C(F)(F)F)c2)n1. The number of rotatable bonds is 5. The van der Waals surface area contributed by atoms with Gasteiger partial charge in [0.1, 0.15) is 12.4 Å². The minimum absolute atomic E-state index is 0.0466. The molecule has 0 unspecified atom stereocenters. The van der Waals surface area contributed by atoms with Crippen LogP contribution >= 0.6 is 11.6 Å². The van der Waals surface area contributed by atoms with Crippen LogP contribution in [0.15, 0.2) is 47.5 Å². The summed E-state index contributed by atoms with van der Waals surface area (Å²) in [6.07, 6.45) is -2.77. The zero-order valence-corrected chi connectivity index (χ0v) is 13.8. The fourth-order valence-electron chi connectivity index (χ4n) is 1.83. The fourth-order valence-corrected chi connectivity index (χ4v) is 1.89. The Bertz CT molecular complexity index is 741. The molecule has 0 radical (unpaired) electrons. The van der Waals surface area contributed by atoms with Gasteiger partial charge in [-0.1, -0.05) is 17.7 Å². The molecule has 1 aromatic heterocycles. The van der Waals surface area contributed by atoms with E-state index in [1.807, 2.05) is 0 Å². The molecule has 0 bridgehead atoms. The molecule has 24 heavy (non-hydrogen) atoms. The molecule has 0 saturated heterocycles. The molecule has 0 spiro atoms. The van der Waals surface area contributed by atoms with Gasteiger partial charge in [-0.05, 0) is 43.7 Å². The molecule has 0 aliphatic heterocycles. The van der Waals surface area contributed by atoms with E-state index in [0.29, 0.717) is 10.9 Å². The Morgan fingerprint density at radius 2 is 1.92 bits per heavy atom. The predicted molar refractivity (Wildman–Crippen MR) is 85.6 cm³/mol. The van der Waals surface area contributed by atoms with Gasteiger partial charge in [0.15, 0.2) is 0 Å². The molecular weight excluding hydrogens is 343 g/mol. The van der Waals surface area contributed by atoms with Crippen LogP contribution in [0.3, 0.4) is 0 Å². The summed E-state index contributed by atoms with van der Waals surface area (Å²) in [6.45, 7) is 3.75. The summed E-state index contributed by atoms with van der Waals surface area (Å²) < 4.78 is 49.0. The highest BCUT2D eigenvalue weighted by Crippen LogP contribution is 2.32. The van der Waals surface area contributed by atoms with E-state index < -0.39 is 11.7 Å². The molecule has 0 saturated carbocycles. The van der Waals surface area contributed by atoms with Gasteiger partial charge in [0.25, 0.3) is 0 Å². The number of benzene rings is 1. The Hall–Kier alpha value is -2.21. The van der Waals surface area contributed by atoms with Crippen molar-refractivity contribution in [3.05, 3.63) is 58.6 Å². The molecule has 0 aliphatic rings. The normalized spacial score (nSPS) is 12.2. The van der Waals surface area contributed by atoms with E-state index in [1.54, 1.807) is 32.1 Å². The van der Waals surface area contributed by atoms with E-state index >= 15 is 0 Å². The monoisotopic (exact) mass is 357 g/mol. The summed E-state index contributed by atoms with van der Waals surface area (Å²) in [7, 11) is 0. The van der Waals surface area contributed by atoms with Crippen molar-refractivity contribution in [1.29, 1.82) is 0 Å². The average Bonchev–Trinajstić information content (AvgIpc) is 2.45. The summed E-state index contributed by atoms with van der Waals surface area (Å²) in [5, 5.41) is 0.586. The first-order valence-electron chi connectivity index (χ1n) is 7.03. The summed E-state index contributed by atoms with van der Waals surface area (Å²) in [5.41, 5.74) is 0.0143. The molecule has 3 nitrogen and oxygen atoms in total. The van der Waals surface area contributed by atoms with Gasteiger partial charge in [-0.2, -0.15) is 18.2 Å². The summed E-state index contributed by atoms with van der Waals surface area (Å²) >= 11 is 5.71. The highest BCUT2D eigenvalue weighted by atomic mass is 35.5. The van der Waals surface area contributed by atoms with Crippen molar-refractivity contribution >= 4 is 11.6 Å². The van der Waals surface area contributed by atoms with Gasteiger partial charge in [-0.15, -0.1) is 0 Å². The number of nitrogens with zero attached hydrogens (tertiary/aromatic N) is 1. The number of aromatic nitrogens is 1. The summed E-state index contributed by atoms with van der Waals surface area (Å²) in [5.74, 6) is 0.493. The standard InChI is InChI=1S/C17H15ClF3NO2/c1-11-8-15(23-7-6-12(2)18)22-16(9-11)24-14-5-3-4-13(10-14)17(19,20)21/h3-6,8-10H,7H2,1-2H3/b12-6-. The lowest BCUT2D eigenvalue weighted by atomic mass is 10.2. The number of hydrogen-bond donors (Lipinski definition) is 0. The van der Waals surface area contributed by atoms with Crippen molar-refractivity contribution in [2.24, 2.45) is 0 Å². The molecule has 1 heterocycles. The highest BCUT2D eigenvalue weighted by molar-refractivity contribution is 6.29. The van der Waals surface area contributed by atoms with Crippen molar-refractivity contribution in [1.82, 2.24) is 4.98 Å². The lowest BCUT2D eigenvalue weighted by Gasteiger charge is -2.11. The van der Waals surface area contributed by atoms with Crippen LogP contribution in [0.5, 0.6) is 17.5 Å². The highest BCUT2D eigenvalue weighted by Gasteiger charge is 2.30. The number of alkyl halides is 3. The largest absolute Gasteiger partial charge is 0.473 e. The third-order valence-corrected chi connectivity index (χ3v) is 3.06. The number of ether oxygens (including phenoxy) is 2. The van der Waals surface area contributed by atoms with Crippen LogP contribution in [-0.2, 0) is 6.18 Å². The second-order valence-electron chi connectivity index (χ2n) is 5.05. The first-order valence-corrected chi connectivity index (χ1v) is 7.41. The maximum absolute atomic E-state index is 12.7. The Morgan fingerprint density at radius 3 is 2.58 bits per heavy atom. The molecule has 0 amide bonds. The van der Waals surface area contributed by atoms with E-state index in [1.165, 1.54) is 12.1 Å². The second kappa shape index (κ2) is 7.57. The van der Waals surface area contributed by atoms with Gasteiger partial charge in [0.2, 0.25) is 11.8 Å². The zero-order valence-electron chi connectivity index (χ0n) is 13.0. The number of pyridine rings is 1. The fraction of sp³-hybridized carbons (Fsp3) is 0.235. The molecule has 128 valence electrons. The Balaban J connectivity index is 2.18. The maximum Gasteiger partial charge on any atom is 0.416 e. The van der Waals surface area contributed by atoms with Gasteiger partial charge in [-0.3, -0.25) is 0 Å². The molecule has 1 aromatic carbocycles. The molecule has 0 fully saturated rings. The van der Waals surface area contributed by atoms with Crippen molar-refractivity contribution in [2.75, 3.05) is 6.61 Å². The van der Waals surface area contributed by atoms with Crippen molar-refractivity contribution in [2.45, 2.75) is 20.0 Å². The van der Waals surface area contributed by atoms with Gasteiger partial charge in [0.05, 0.1) is 5.56 Å². The van der Waals surface area contributed by atoms with E-state index in [2.05, 4.69) is 4.98 Å².